The van der Waals surface area contributed by atoms with Gasteiger partial charge < -0.3 is 20.4 Å². The fourth-order valence-electron chi connectivity index (χ4n) is 1.82. The molecule has 8 heteroatoms. The number of rotatable bonds is 10. The molecule has 0 aliphatic heterocycles. The van der Waals surface area contributed by atoms with Gasteiger partial charge in [0, 0.05) is 12.8 Å². The van der Waals surface area contributed by atoms with Gasteiger partial charge in [-0.15, -0.1) is 0 Å². The Morgan fingerprint density at radius 1 is 0.654 bits per heavy atom. The maximum atomic E-state index is 10.8. The van der Waals surface area contributed by atoms with Crippen LogP contribution in [0.5, 0.6) is 0 Å². The van der Waals surface area contributed by atoms with E-state index in [1.54, 1.807) is 41.5 Å². The molecule has 152 valence electrons. The van der Waals surface area contributed by atoms with Gasteiger partial charge in [-0.2, -0.15) is 0 Å². The maximum absolute atomic E-state index is 10.8. The fraction of sp³-hybridized carbons (Fsp3) is 0.778. The molecule has 0 bridgehead atoms. The van der Waals surface area contributed by atoms with Crippen molar-refractivity contribution >= 4 is 23.9 Å². The lowest BCUT2D eigenvalue weighted by Gasteiger charge is -2.26. The third-order valence-corrected chi connectivity index (χ3v) is 5.15. The summed E-state index contributed by atoms with van der Waals surface area (Å²) in [4.78, 5) is 42.0. The number of hydrogen-bond donors (Lipinski definition) is 4. The highest BCUT2D eigenvalue weighted by molar-refractivity contribution is 5.74. The van der Waals surface area contributed by atoms with Crippen LogP contribution >= 0.6 is 0 Å². The van der Waals surface area contributed by atoms with Crippen LogP contribution in [-0.2, 0) is 19.2 Å². The molecule has 0 aromatic rings. The summed E-state index contributed by atoms with van der Waals surface area (Å²) in [5.74, 6) is -3.81. The van der Waals surface area contributed by atoms with Crippen LogP contribution in [0.4, 0.5) is 0 Å². The summed E-state index contributed by atoms with van der Waals surface area (Å²) >= 11 is 0. The molecule has 8 nitrogen and oxygen atoms in total. The molecule has 0 aromatic heterocycles. The minimum atomic E-state index is -0.884. The molecule has 2 atom stereocenters. The summed E-state index contributed by atoms with van der Waals surface area (Å²) < 4.78 is 0. The van der Waals surface area contributed by atoms with Crippen molar-refractivity contribution in [1.29, 1.82) is 0 Å². The largest absolute Gasteiger partial charge is 0.481 e. The molecule has 0 amide bonds. The zero-order chi connectivity index (χ0) is 21.3. The van der Waals surface area contributed by atoms with Gasteiger partial charge in [0.05, 0.1) is 10.8 Å². The van der Waals surface area contributed by atoms with E-state index in [0.29, 0.717) is 12.8 Å². The number of hydrogen-bond acceptors (Lipinski definition) is 4. The minimum Gasteiger partial charge on any atom is -0.481 e. The first-order valence-electron chi connectivity index (χ1n) is 8.47. The van der Waals surface area contributed by atoms with Crippen LogP contribution in [0.1, 0.15) is 67.2 Å². The van der Waals surface area contributed by atoms with E-state index in [4.69, 9.17) is 20.4 Å². The molecule has 2 unspecified atom stereocenters. The van der Waals surface area contributed by atoms with Crippen molar-refractivity contribution in [3.05, 3.63) is 0 Å². The predicted octanol–water partition coefficient (Wildman–Crippen LogP) is 3.20. The predicted molar refractivity (Wildman–Crippen MR) is 94.9 cm³/mol. The highest BCUT2D eigenvalue weighted by atomic mass is 16.4. The molecular formula is C18H32O8. The van der Waals surface area contributed by atoms with Gasteiger partial charge in [-0.25, -0.2) is 0 Å². The van der Waals surface area contributed by atoms with Crippen molar-refractivity contribution in [2.75, 3.05) is 0 Å². The SMILES string of the molecule is CC(CCC(=O)O)C(C)(C)C(=O)O.CC(CCC(=O)O)C(C)(C)C(=O)O. The van der Waals surface area contributed by atoms with Gasteiger partial charge in [0.2, 0.25) is 0 Å². The standard InChI is InChI=1S/2C9H16O4/c2*1-6(4-5-7(10)11)9(2,3)8(12)13/h2*6H,4-5H2,1-3H3,(H,10,11)(H,12,13). The normalized spacial score (nSPS) is 13.8. The van der Waals surface area contributed by atoms with Crippen LogP contribution in [0.25, 0.3) is 0 Å². The van der Waals surface area contributed by atoms with E-state index in [-0.39, 0.29) is 24.7 Å². The quantitative estimate of drug-likeness (QED) is 0.454. The number of carboxylic acid groups (broad SMARTS) is 4. The van der Waals surface area contributed by atoms with Crippen LogP contribution in [0.3, 0.4) is 0 Å². The molecule has 0 heterocycles. The molecule has 0 spiro atoms. The van der Waals surface area contributed by atoms with Gasteiger partial charge >= 0.3 is 23.9 Å². The van der Waals surface area contributed by atoms with Crippen LogP contribution in [0.15, 0.2) is 0 Å². The number of aliphatic carboxylic acids is 4. The Morgan fingerprint density at radius 3 is 1.04 bits per heavy atom. The van der Waals surface area contributed by atoms with Gasteiger partial charge in [-0.1, -0.05) is 13.8 Å². The number of carbonyl (C=O) groups is 4. The summed E-state index contributed by atoms with van der Waals surface area (Å²) in [6, 6.07) is 0. The molecule has 0 rings (SSSR count). The molecule has 0 radical (unpaired) electrons. The van der Waals surface area contributed by atoms with E-state index in [2.05, 4.69) is 0 Å². The number of carboxylic acids is 4. The lowest BCUT2D eigenvalue weighted by molar-refractivity contribution is -0.151. The molecule has 0 aliphatic carbocycles. The smallest absolute Gasteiger partial charge is 0.309 e. The first-order valence-corrected chi connectivity index (χ1v) is 8.47. The van der Waals surface area contributed by atoms with E-state index in [1.165, 1.54) is 0 Å². The van der Waals surface area contributed by atoms with Gasteiger partial charge in [0.25, 0.3) is 0 Å². The highest BCUT2D eigenvalue weighted by Gasteiger charge is 2.34. The molecule has 4 N–H and O–H groups in total. The van der Waals surface area contributed by atoms with Gasteiger partial charge in [-0.05, 0) is 52.4 Å². The Kier molecular flexibility index (Phi) is 10.8. The second-order valence-electron chi connectivity index (χ2n) is 7.72. The third kappa shape index (κ3) is 9.39. The van der Waals surface area contributed by atoms with Crippen molar-refractivity contribution in [3.8, 4) is 0 Å². The molecule has 0 saturated heterocycles. The van der Waals surface area contributed by atoms with Crippen molar-refractivity contribution in [3.63, 3.8) is 0 Å². The fourth-order valence-corrected chi connectivity index (χ4v) is 1.82. The van der Waals surface area contributed by atoms with Crippen molar-refractivity contribution in [1.82, 2.24) is 0 Å². The first kappa shape index (κ1) is 26.1. The summed E-state index contributed by atoms with van der Waals surface area (Å²) in [5, 5.41) is 34.5. The topological polar surface area (TPSA) is 149 Å². The Bertz CT molecular complexity index is 461. The van der Waals surface area contributed by atoms with Crippen molar-refractivity contribution < 1.29 is 39.6 Å². The lowest BCUT2D eigenvalue weighted by Crippen LogP contribution is -2.31. The maximum Gasteiger partial charge on any atom is 0.309 e. The summed E-state index contributed by atoms with van der Waals surface area (Å²) in [7, 11) is 0. The average Bonchev–Trinajstić information content (AvgIpc) is 2.49. The summed E-state index contributed by atoms with van der Waals surface area (Å²) in [6.07, 6.45) is 0.846. The van der Waals surface area contributed by atoms with Gasteiger partial charge in [0.15, 0.2) is 0 Å². The zero-order valence-electron chi connectivity index (χ0n) is 16.4. The van der Waals surface area contributed by atoms with Crippen LogP contribution in [-0.4, -0.2) is 44.3 Å². The molecule has 0 aromatic carbocycles. The van der Waals surface area contributed by atoms with E-state index in [9.17, 15) is 19.2 Å². The van der Waals surface area contributed by atoms with Crippen molar-refractivity contribution in [2.45, 2.75) is 67.2 Å². The van der Waals surface area contributed by atoms with Gasteiger partial charge in [-0.3, -0.25) is 19.2 Å². The van der Waals surface area contributed by atoms with E-state index in [1.807, 2.05) is 0 Å². The van der Waals surface area contributed by atoms with E-state index < -0.39 is 34.7 Å². The summed E-state index contributed by atoms with van der Waals surface area (Å²) in [6.45, 7) is 9.97. The Labute approximate surface area is 154 Å². The molecule has 0 fully saturated rings. The molecule has 0 saturated carbocycles. The third-order valence-electron chi connectivity index (χ3n) is 5.15. The lowest BCUT2D eigenvalue weighted by atomic mass is 9.78. The molecule has 0 aliphatic rings. The minimum absolute atomic E-state index is 0.0257. The first-order chi connectivity index (χ1) is 11.6. The highest BCUT2D eigenvalue weighted by Crippen LogP contribution is 2.30. The van der Waals surface area contributed by atoms with E-state index in [0.717, 1.165) is 0 Å². The molecule has 26 heavy (non-hydrogen) atoms. The summed E-state index contributed by atoms with van der Waals surface area (Å²) in [5.41, 5.74) is -1.70. The van der Waals surface area contributed by atoms with Crippen LogP contribution in [0, 0.1) is 22.7 Å². The van der Waals surface area contributed by atoms with Gasteiger partial charge in [0.1, 0.15) is 0 Å². The Hall–Kier alpha value is -2.12. The zero-order valence-corrected chi connectivity index (χ0v) is 16.4. The second kappa shape index (κ2) is 10.8. The second-order valence-corrected chi connectivity index (χ2v) is 7.72. The van der Waals surface area contributed by atoms with Crippen LogP contribution in [0.2, 0.25) is 0 Å². The Balaban J connectivity index is 0. The monoisotopic (exact) mass is 376 g/mol. The molecular weight excluding hydrogens is 344 g/mol. The van der Waals surface area contributed by atoms with E-state index >= 15 is 0 Å². The van der Waals surface area contributed by atoms with Crippen molar-refractivity contribution in [2.24, 2.45) is 22.7 Å². The van der Waals surface area contributed by atoms with Crippen LogP contribution < -0.4 is 0 Å². The Morgan fingerprint density at radius 2 is 0.885 bits per heavy atom. The average molecular weight is 376 g/mol.